The Morgan fingerprint density at radius 1 is 1.26 bits per heavy atom. The van der Waals surface area contributed by atoms with Crippen LogP contribution < -0.4 is 0 Å². The van der Waals surface area contributed by atoms with Crippen molar-refractivity contribution in [2.24, 2.45) is 0 Å². The third-order valence-electron chi connectivity index (χ3n) is 2.49. The van der Waals surface area contributed by atoms with E-state index in [1.807, 2.05) is 0 Å². The Labute approximate surface area is 105 Å². The lowest BCUT2D eigenvalue weighted by Gasteiger charge is -2.11. The molecule has 1 aromatic carbocycles. The normalized spacial score (nSPS) is 11.5. The lowest BCUT2D eigenvalue weighted by molar-refractivity contribution is -0.137. The molecule has 0 aliphatic heterocycles. The van der Waals surface area contributed by atoms with Crippen LogP contribution in [0.4, 0.5) is 13.2 Å². The second kappa shape index (κ2) is 4.75. The smallest absolute Gasteiger partial charge is 0.417 e. The Hall–Kier alpha value is -2.31. The molecule has 0 spiro atoms. The first kappa shape index (κ1) is 13.1. The van der Waals surface area contributed by atoms with Crippen LogP contribution in [0.2, 0.25) is 0 Å². The summed E-state index contributed by atoms with van der Waals surface area (Å²) in [5, 5.41) is 12.1. The van der Waals surface area contributed by atoms with Crippen LogP contribution in [0.1, 0.15) is 11.3 Å². The number of benzene rings is 1. The number of halogens is 3. The quantitative estimate of drug-likeness (QED) is 0.932. The summed E-state index contributed by atoms with van der Waals surface area (Å²) >= 11 is 0. The first-order valence-electron chi connectivity index (χ1n) is 5.21. The van der Waals surface area contributed by atoms with E-state index >= 15 is 0 Å². The van der Waals surface area contributed by atoms with E-state index in [1.54, 1.807) is 0 Å². The number of hydrogen-bond donors (Lipinski definition) is 1. The summed E-state index contributed by atoms with van der Waals surface area (Å²) in [5.74, 6) is -1.19. The molecule has 2 aromatic rings. The Morgan fingerprint density at radius 3 is 2.58 bits per heavy atom. The molecule has 0 radical (unpaired) electrons. The van der Waals surface area contributed by atoms with Gasteiger partial charge in [-0.2, -0.15) is 13.2 Å². The Bertz CT molecular complexity index is 604. The fourth-order valence-corrected chi connectivity index (χ4v) is 1.71. The maximum Gasteiger partial charge on any atom is 0.417 e. The zero-order valence-electron chi connectivity index (χ0n) is 9.44. The average Bonchev–Trinajstić information content (AvgIpc) is 2.75. The Balaban J connectivity index is 2.54. The maximum absolute atomic E-state index is 12.9. The van der Waals surface area contributed by atoms with Gasteiger partial charge in [0.05, 0.1) is 12.0 Å². The van der Waals surface area contributed by atoms with Crippen molar-refractivity contribution in [3.8, 4) is 11.1 Å². The molecule has 0 unspecified atom stereocenters. The summed E-state index contributed by atoms with van der Waals surface area (Å²) in [7, 11) is 0. The first-order valence-corrected chi connectivity index (χ1v) is 5.21. The highest BCUT2D eigenvalue weighted by Crippen LogP contribution is 2.37. The molecule has 100 valence electrons. The van der Waals surface area contributed by atoms with Crippen LogP contribution in [-0.2, 0) is 17.4 Å². The van der Waals surface area contributed by atoms with E-state index in [4.69, 9.17) is 5.11 Å². The molecular formula is C12H8F3NO3. The number of aliphatic carboxylic acids is 1. The summed E-state index contributed by atoms with van der Waals surface area (Å²) in [5.41, 5.74) is -1.00. The van der Waals surface area contributed by atoms with Gasteiger partial charge in [-0.3, -0.25) is 4.79 Å². The molecule has 1 aromatic heterocycles. The van der Waals surface area contributed by atoms with Gasteiger partial charge in [0.15, 0.2) is 0 Å². The van der Waals surface area contributed by atoms with Crippen LogP contribution in [-0.4, -0.2) is 16.2 Å². The molecule has 0 aliphatic rings. The molecule has 0 saturated heterocycles. The lowest BCUT2D eigenvalue weighted by Crippen LogP contribution is -2.08. The van der Waals surface area contributed by atoms with Gasteiger partial charge in [-0.15, -0.1) is 0 Å². The van der Waals surface area contributed by atoms with E-state index in [0.717, 1.165) is 12.3 Å². The number of carbonyl (C=O) groups is 1. The molecule has 4 nitrogen and oxygen atoms in total. The summed E-state index contributed by atoms with van der Waals surface area (Å²) in [6.45, 7) is 0. The molecule has 0 fully saturated rings. The van der Waals surface area contributed by atoms with Crippen LogP contribution in [0.3, 0.4) is 0 Å². The zero-order chi connectivity index (χ0) is 14.0. The summed E-state index contributed by atoms with van der Waals surface area (Å²) < 4.78 is 43.2. The molecule has 0 atom stereocenters. The van der Waals surface area contributed by atoms with Crippen molar-refractivity contribution in [3.05, 3.63) is 41.8 Å². The number of alkyl halides is 3. The van der Waals surface area contributed by atoms with Crippen LogP contribution >= 0.6 is 0 Å². The first-order chi connectivity index (χ1) is 8.89. The molecule has 7 heteroatoms. The van der Waals surface area contributed by atoms with Crippen LogP contribution in [0.5, 0.6) is 0 Å². The topological polar surface area (TPSA) is 63.3 Å². The Kier molecular flexibility index (Phi) is 3.28. The molecular weight excluding hydrogens is 263 g/mol. The predicted octanol–water partition coefficient (Wildman–Crippen LogP) is 2.99. The maximum atomic E-state index is 12.9. The van der Waals surface area contributed by atoms with Crippen LogP contribution in [0.15, 0.2) is 35.1 Å². The van der Waals surface area contributed by atoms with Gasteiger partial charge in [-0.25, -0.2) is 0 Å². The number of hydrogen-bond acceptors (Lipinski definition) is 3. The predicted molar refractivity (Wildman–Crippen MR) is 58.3 cm³/mol. The van der Waals surface area contributed by atoms with Gasteiger partial charge >= 0.3 is 12.1 Å². The van der Waals surface area contributed by atoms with Gasteiger partial charge in [0, 0.05) is 5.56 Å². The molecule has 2 rings (SSSR count). The van der Waals surface area contributed by atoms with Gasteiger partial charge in [-0.05, 0) is 11.6 Å². The van der Waals surface area contributed by atoms with Crippen molar-refractivity contribution in [2.45, 2.75) is 12.6 Å². The highest BCUT2D eigenvalue weighted by Gasteiger charge is 2.34. The molecule has 0 aliphatic carbocycles. The van der Waals surface area contributed by atoms with Crippen LogP contribution in [0.25, 0.3) is 11.1 Å². The monoisotopic (exact) mass is 271 g/mol. The molecule has 0 saturated carbocycles. The second-order valence-corrected chi connectivity index (χ2v) is 3.79. The van der Waals surface area contributed by atoms with E-state index in [0.29, 0.717) is 0 Å². The Morgan fingerprint density at radius 2 is 1.95 bits per heavy atom. The van der Waals surface area contributed by atoms with E-state index in [9.17, 15) is 18.0 Å². The summed E-state index contributed by atoms with van der Waals surface area (Å²) in [6, 6.07) is 4.87. The third-order valence-corrected chi connectivity index (χ3v) is 2.49. The van der Waals surface area contributed by atoms with Crippen LogP contribution in [0, 0.1) is 0 Å². The highest BCUT2D eigenvalue weighted by atomic mass is 19.4. The molecule has 1 heterocycles. The number of aromatic nitrogens is 1. The van der Waals surface area contributed by atoms with E-state index < -0.39 is 24.1 Å². The molecule has 1 N–H and O–H groups in total. The minimum atomic E-state index is -4.53. The number of rotatable bonds is 3. The van der Waals surface area contributed by atoms with Crippen molar-refractivity contribution < 1.29 is 27.6 Å². The molecule has 19 heavy (non-hydrogen) atoms. The molecule has 0 amide bonds. The van der Waals surface area contributed by atoms with Gasteiger partial charge in [-0.1, -0.05) is 23.4 Å². The van der Waals surface area contributed by atoms with Crippen molar-refractivity contribution in [1.82, 2.24) is 5.16 Å². The highest BCUT2D eigenvalue weighted by molar-refractivity contribution is 5.76. The lowest BCUT2D eigenvalue weighted by atomic mass is 9.99. The number of carboxylic acids is 1. The third kappa shape index (κ3) is 2.75. The minimum absolute atomic E-state index is 0.0373. The second-order valence-electron chi connectivity index (χ2n) is 3.79. The molecule has 0 bridgehead atoms. The summed E-state index contributed by atoms with van der Waals surface area (Å²) in [4.78, 5) is 10.6. The van der Waals surface area contributed by atoms with Gasteiger partial charge in [0.2, 0.25) is 0 Å². The minimum Gasteiger partial charge on any atom is -0.481 e. The van der Waals surface area contributed by atoms with Gasteiger partial charge < -0.3 is 9.63 Å². The SMILES string of the molecule is O=C(O)Cc1nocc1-c1ccccc1C(F)(F)F. The van der Waals surface area contributed by atoms with Gasteiger partial charge in [0.25, 0.3) is 0 Å². The van der Waals surface area contributed by atoms with Crippen molar-refractivity contribution in [1.29, 1.82) is 0 Å². The van der Waals surface area contributed by atoms with Crippen molar-refractivity contribution in [2.75, 3.05) is 0 Å². The van der Waals surface area contributed by atoms with E-state index in [1.165, 1.54) is 18.2 Å². The average molecular weight is 271 g/mol. The largest absolute Gasteiger partial charge is 0.481 e. The fourth-order valence-electron chi connectivity index (χ4n) is 1.71. The van der Waals surface area contributed by atoms with E-state index in [2.05, 4.69) is 9.68 Å². The summed E-state index contributed by atoms with van der Waals surface area (Å²) in [6.07, 6.45) is -4.02. The number of nitrogens with zero attached hydrogens (tertiary/aromatic N) is 1. The van der Waals surface area contributed by atoms with E-state index in [-0.39, 0.29) is 16.8 Å². The zero-order valence-corrected chi connectivity index (χ0v) is 9.44. The van der Waals surface area contributed by atoms with Crippen molar-refractivity contribution in [3.63, 3.8) is 0 Å². The van der Waals surface area contributed by atoms with Crippen molar-refractivity contribution >= 4 is 5.97 Å². The standard InChI is InChI=1S/C12H8F3NO3/c13-12(14,15)9-4-2-1-3-7(9)8-6-19-16-10(8)5-11(17)18/h1-4,6H,5H2,(H,17,18). The fraction of sp³-hybridized carbons (Fsp3) is 0.167. The number of carboxylic acid groups (broad SMARTS) is 1. The van der Waals surface area contributed by atoms with Gasteiger partial charge in [0.1, 0.15) is 12.0 Å².